The molecule has 0 radical (unpaired) electrons. The van der Waals surface area contributed by atoms with E-state index >= 15 is 0 Å². The first-order valence-corrected chi connectivity index (χ1v) is 10.9. The van der Waals surface area contributed by atoms with E-state index in [2.05, 4.69) is 35.1 Å². The highest BCUT2D eigenvalue weighted by molar-refractivity contribution is 5.80. The summed E-state index contributed by atoms with van der Waals surface area (Å²) in [5.74, 6) is 0.288. The van der Waals surface area contributed by atoms with Crippen molar-refractivity contribution in [3.63, 3.8) is 0 Å². The van der Waals surface area contributed by atoms with Crippen molar-refractivity contribution in [2.45, 2.75) is 71.3 Å². The van der Waals surface area contributed by atoms with E-state index in [1.807, 2.05) is 6.20 Å². The summed E-state index contributed by atoms with van der Waals surface area (Å²) in [5, 5.41) is 3.27. The van der Waals surface area contributed by atoms with Crippen LogP contribution in [-0.2, 0) is 17.6 Å². The van der Waals surface area contributed by atoms with Crippen molar-refractivity contribution in [1.29, 1.82) is 0 Å². The van der Waals surface area contributed by atoms with Crippen LogP contribution in [0.2, 0.25) is 0 Å². The van der Waals surface area contributed by atoms with Gasteiger partial charge in [-0.3, -0.25) is 4.79 Å². The van der Waals surface area contributed by atoms with Crippen LogP contribution in [0.15, 0.2) is 12.3 Å². The highest BCUT2D eigenvalue weighted by Crippen LogP contribution is 2.26. The standard InChI is InChI=1S/C22H31N5O/c1-3-18-19(4-2)26-21-20(25-18)12-17(13-23-21)27-11-7-8-15(14-27)22(28)24-16-9-5-6-10-16/h12-13,15-16H,3-11,14H2,1-2H3,(H,24,28)/t15-/m1/s1. The van der Waals surface area contributed by atoms with E-state index in [-0.39, 0.29) is 11.8 Å². The number of nitrogens with zero attached hydrogens (tertiary/aromatic N) is 4. The Morgan fingerprint density at radius 3 is 2.61 bits per heavy atom. The third kappa shape index (κ3) is 3.96. The quantitative estimate of drug-likeness (QED) is 0.859. The first-order chi connectivity index (χ1) is 13.7. The lowest BCUT2D eigenvalue weighted by molar-refractivity contribution is -0.125. The van der Waals surface area contributed by atoms with E-state index in [1.54, 1.807) is 0 Å². The second-order valence-corrected chi connectivity index (χ2v) is 8.14. The molecule has 3 heterocycles. The summed E-state index contributed by atoms with van der Waals surface area (Å²) in [6.07, 6.45) is 10.4. The molecular formula is C22H31N5O. The van der Waals surface area contributed by atoms with Crippen LogP contribution in [0.3, 0.4) is 0 Å². The number of nitrogens with one attached hydrogen (secondary N) is 1. The molecule has 1 N–H and O–H groups in total. The first-order valence-electron chi connectivity index (χ1n) is 10.9. The van der Waals surface area contributed by atoms with E-state index in [4.69, 9.17) is 9.97 Å². The van der Waals surface area contributed by atoms with Gasteiger partial charge in [0.25, 0.3) is 0 Å². The number of carbonyl (C=O) groups is 1. The molecule has 6 nitrogen and oxygen atoms in total. The Morgan fingerprint density at radius 2 is 1.86 bits per heavy atom. The van der Waals surface area contributed by atoms with Crippen LogP contribution in [0.25, 0.3) is 11.2 Å². The molecule has 150 valence electrons. The van der Waals surface area contributed by atoms with E-state index < -0.39 is 0 Å². The predicted octanol–water partition coefficient (Wildman–Crippen LogP) is 3.42. The third-order valence-electron chi connectivity index (χ3n) is 6.19. The summed E-state index contributed by atoms with van der Waals surface area (Å²) in [7, 11) is 0. The summed E-state index contributed by atoms with van der Waals surface area (Å²) in [5.41, 5.74) is 4.71. The molecular weight excluding hydrogens is 350 g/mol. The molecule has 2 aromatic heterocycles. The van der Waals surface area contributed by atoms with Crippen LogP contribution in [0.4, 0.5) is 5.69 Å². The average molecular weight is 382 g/mol. The highest BCUT2D eigenvalue weighted by atomic mass is 16.2. The molecule has 0 aromatic carbocycles. The largest absolute Gasteiger partial charge is 0.369 e. The minimum atomic E-state index is 0.0600. The molecule has 2 aliphatic rings. The van der Waals surface area contributed by atoms with Crippen molar-refractivity contribution in [2.75, 3.05) is 18.0 Å². The van der Waals surface area contributed by atoms with Gasteiger partial charge in [-0.2, -0.15) is 0 Å². The number of aryl methyl sites for hydroxylation is 2. The van der Waals surface area contributed by atoms with Crippen LogP contribution in [-0.4, -0.2) is 40.0 Å². The van der Waals surface area contributed by atoms with Gasteiger partial charge < -0.3 is 10.2 Å². The maximum absolute atomic E-state index is 12.7. The zero-order valence-corrected chi connectivity index (χ0v) is 17.1. The van der Waals surface area contributed by atoms with Gasteiger partial charge in [0.1, 0.15) is 5.52 Å². The number of piperidine rings is 1. The van der Waals surface area contributed by atoms with Gasteiger partial charge in [-0.05, 0) is 44.6 Å². The zero-order valence-electron chi connectivity index (χ0n) is 17.1. The van der Waals surface area contributed by atoms with Crippen LogP contribution in [0.1, 0.15) is 63.8 Å². The summed E-state index contributed by atoms with van der Waals surface area (Å²) < 4.78 is 0. The number of rotatable bonds is 5. The Morgan fingerprint density at radius 1 is 1.11 bits per heavy atom. The fourth-order valence-electron chi connectivity index (χ4n) is 4.56. The Hall–Kier alpha value is -2.24. The van der Waals surface area contributed by atoms with Gasteiger partial charge in [-0.25, -0.2) is 15.0 Å². The van der Waals surface area contributed by atoms with Gasteiger partial charge in [0.05, 0.1) is 29.2 Å². The van der Waals surface area contributed by atoms with Gasteiger partial charge >= 0.3 is 0 Å². The molecule has 4 rings (SSSR count). The number of hydrogen-bond donors (Lipinski definition) is 1. The molecule has 0 spiro atoms. The number of amides is 1. The molecule has 1 aliphatic carbocycles. The van der Waals surface area contributed by atoms with Crippen LogP contribution >= 0.6 is 0 Å². The molecule has 0 unspecified atom stereocenters. The summed E-state index contributed by atoms with van der Waals surface area (Å²) >= 11 is 0. The van der Waals surface area contributed by atoms with Crippen molar-refractivity contribution >= 4 is 22.8 Å². The monoisotopic (exact) mass is 381 g/mol. The maximum Gasteiger partial charge on any atom is 0.225 e. The lowest BCUT2D eigenvalue weighted by Crippen LogP contribution is -2.45. The smallest absolute Gasteiger partial charge is 0.225 e. The van der Waals surface area contributed by atoms with Crippen LogP contribution in [0.5, 0.6) is 0 Å². The second kappa shape index (κ2) is 8.41. The Balaban J connectivity index is 1.51. The first kappa shape index (κ1) is 19.1. The normalized spacial score (nSPS) is 20.6. The van der Waals surface area contributed by atoms with E-state index in [0.717, 1.165) is 74.2 Å². The van der Waals surface area contributed by atoms with Gasteiger partial charge in [0.15, 0.2) is 5.65 Å². The molecule has 1 amide bonds. The second-order valence-electron chi connectivity index (χ2n) is 8.14. The molecule has 6 heteroatoms. The van der Waals surface area contributed by atoms with E-state index in [9.17, 15) is 4.79 Å². The van der Waals surface area contributed by atoms with E-state index in [1.165, 1.54) is 12.8 Å². The number of fused-ring (bicyclic) bond motifs is 1. The predicted molar refractivity (Wildman–Crippen MR) is 111 cm³/mol. The van der Waals surface area contributed by atoms with Crippen molar-refractivity contribution in [1.82, 2.24) is 20.3 Å². The van der Waals surface area contributed by atoms with Crippen molar-refractivity contribution in [3.05, 3.63) is 23.7 Å². The Labute approximate surface area is 167 Å². The lowest BCUT2D eigenvalue weighted by atomic mass is 9.96. The molecule has 28 heavy (non-hydrogen) atoms. The molecule has 1 saturated heterocycles. The van der Waals surface area contributed by atoms with Gasteiger partial charge in [0, 0.05) is 19.1 Å². The number of carbonyl (C=O) groups excluding carboxylic acids is 1. The van der Waals surface area contributed by atoms with Crippen LogP contribution < -0.4 is 10.2 Å². The maximum atomic E-state index is 12.7. The van der Waals surface area contributed by atoms with Crippen molar-refractivity contribution in [3.8, 4) is 0 Å². The highest BCUT2D eigenvalue weighted by Gasteiger charge is 2.28. The number of hydrogen-bond acceptors (Lipinski definition) is 5. The molecule has 1 saturated carbocycles. The van der Waals surface area contributed by atoms with Gasteiger partial charge in [-0.15, -0.1) is 0 Å². The van der Waals surface area contributed by atoms with Gasteiger partial charge in [-0.1, -0.05) is 26.7 Å². The molecule has 2 aromatic rings. The zero-order chi connectivity index (χ0) is 19.5. The Bertz CT molecular complexity index is 846. The number of anilines is 1. The topological polar surface area (TPSA) is 71.0 Å². The SMILES string of the molecule is CCc1nc2cc(N3CCC[C@@H](C(=O)NC4CCCC4)C3)cnc2nc1CC. The van der Waals surface area contributed by atoms with Gasteiger partial charge in [0.2, 0.25) is 5.91 Å². The molecule has 2 fully saturated rings. The summed E-state index contributed by atoms with van der Waals surface area (Å²) in [6, 6.07) is 2.48. The van der Waals surface area contributed by atoms with E-state index in [0.29, 0.717) is 11.7 Å². The number of aromatic nitrogens is 3. The van der Waals surface area contributed by atoms with Crippen molar-refractivity contribution in [2.24, 2.45) is 5.92 Å². The van der Waals surface area contributed by atoms with Crippen LogP contribution in [0, 0.1) is 5.92 Å². The molecule has 0 bridgehead atoms. The fourth-order valence-corrected chi connectivity index (χ4v) is 4.56. The minimum Gasteiger partial charge on any atom is -0.369 e. The molecule has 1 atom stereocenters. The average Bonchev–Trinajstić information content (AvgIpc) is 3.25. The summed E-state index contributed by atoms with van der Waals surface area (Å²) in [4.78, 5) is 29.1. The summed E-state index contributed by atoms with van der Waals surface area (Å²) in [6.45, 7) is 5.94. The Kier molecular flexibility index (Phi) is 5.74. The van der Waals surface area contributed by atoms with Crippen molar-refractivity contribution < 1.29 is 4.79 Å². The minimum absolute atomic E-state index is 0.0600. The molecule has 1 aliphatic heterocycles. The number of pyridine rings is 1. The third-order valence-corrected chi connectivity index (χ3v) is 6.19. The fraction of sp³-hybridized carbons (Fsp3) is 0.636. The lowest BCUT2D eigenvalue weighted by Gasteiger charge is -2.34.